The Kier molecular flexibility index (Phi) is 4.17. The van der Waals surface area contributed by atoms with E-state index < -0.39 is 0 Å². The van der Waals surface area contributed by atoms with Crippen LogP contribution in [0.2, 0.25) is 0 Å². The molecule has 1 aromatic carbocycles. The summed E-state index contributed by atoms with van der Waals surface area (Å²) in [5, 5.41) is 2.84. The summed E-state index contributed by atoms with van der Waals surface area (Å²) in [4.78, 5) is 7.93. The molecule has 0 aliphatic carbocycles. The van der Waals surface area contributed by atoms with E-state index in [-0.39, 0.29) is 0 Å². The fraction of sp³-hybridized carbons (Fsp3) is 0.267. The molecule has 0 saturated carbocycles. The molecule has 110 valence electrons. The molecule has 6 heteroatoms. The van der Waals surface area contributed by atoms with Gasteiger partial charge in [0.2, 0.25) is 0 Å². The molecule has 0 radical (unpaired) electrons. The number of anilines is 1. The maximum Gasteiger partial charge on any atom is 0.195 e. The van der Waals surface area contributed by atoms with Crippen molar-refractivity contribution in [3.8, 4) is 5.75 Å². The number of imidazole rings is 1. The van der Waals surface area contributed by atoms with E-state index in [0.717, 1.165) is 28.4 Å². The van der Waals surface area contributed by atoms with Crippen LogP contribution in [-0.2, 0) is 11.9 Å². The fourth-order valence-corrected chi connectivity index (χ4v) is 3.58. The van der Waals surface area contributed by atoms with E-state index in [1.165, 1.54) is 11.3 Å². The van der Waals surface area contributed by atoms with Gasteiger partial charge in [-0.25, -0.2) is 4.98 Å². The Hall–Kier alpha value is -1.53. The number of ether oxygens (including phenoxy) is 1. The first kappa shape index (κ1) is 14.4. The van der Waals surface area contributed by atoms with Crippen molar-refractivity contribution in [2.45, 2.75) is 11.9 Å². The quantitative estimate of drug-likeness (QED) is 0.641. The number of benzene rings is 1. The molecule has 0 saturated heterocycles. The van der Waals surface area contributed by atoms with E-state index >= 15 is 0 Å². The van der Waals surface area contributed by atoms with Gasteiger partial charge in [0.1, 0.15) is 5.75 Å². The van der Waals surface area contributed by atoms with Crippen molar-refractivity contribution >= 4 is 38.0 Å². The summed E-state index contributed by atoms with van der Waals surface area (Å²) < 4.78 is 7.33. The van der Waals surface area contributed by atoms with Gasteiger partial charge < -0.3 is 9.64 Å². The minimum absolute atomic E-state index is 0.785. The van der Waals surface area contributed by atoms with Gasteiger partial charge in [0.05, 0.1) is 12.8 Å². The van der Waals surface area contributed by atoms with E-state index in [9.17, 15) is 0 Å². The normalized spacial score (nSPS) is 11.0. The molecule has 0 bridgehead atoms. The Bertz CT molecular complexity index is 735. The zero-order valence-corrected chi connectivity index (χ0v) is 14.3. The van der Waals surface area contributed by atoms with Gasteiger partial charge in [0.25, 0.3) is 0 Å². The van der Waals surface area contributed by atoms with E-state index in [2.05, 4.69) is 56.0 Å². The van der Waals surface area contributed by atoms with Crippen LogP contribution in [0.1, 0.15) is 11.3 Å². The number of fused-ring (bicyclic) bond motifs is 1. The minimum Gasteiger partial charge on any atom is -0.497 e. The number of halogens is 1. The first-order valence-electron chi connectivity index (χ1n) is 6.57. The highest BCUT2D eigenvalue weighted by Crippen LogP contribution is 2.27. The molecule has 4 nitrogen and oxygen atoms in total. The van der Waals surface area contributed by atoms with Crippen LogP contribution in [0.3, 0.4) is 0 Å². The van der Waals surface area contributed by atoms with Gasteiger partial charge in [-0.1, -0.05) is 28.1 Å². The molecule has 0 atom stereocenters. The number of thiazole rings is 1. The van der Waals surface area contributed by atoms with Crippen molar-refractivity contribution in [2.24, 2.45) is 0 Å². The van der Waals surface area contributed by atoms with E-state index in [1.807, 2.05) is 12.1 Å². The lowest BCUT2D eigenvalue weighted by Crippen LogP contribution is -2.18. The van der Waals surface area contributed by atoms with Crippen molar-refractivity contribution in [1.29, 1.82) is 0 Å². The van der Waals surface area contributed by atoms with Crippen molar-refractivity contribution < 1.29 is 4.74 Å². The standard InChI is InChI=1S/C15H16BrN3OS/c1-18(10-11-3-5-12(20-2)6-4-11)14-13(9-16)19-7-8-21-15(19)17-14/h3-8H,9-10H2,1-2H3. The summed E-state index contributed by atoms with van der Waals surface area (Å²) in [6.45, 7) is 0.814. The summed E-state index contributed by atoms with van der Waals surface area (Å²) in [6, 6.07) is 8.14. The zero-order chi connectivity index (χ0) is 14.8. The molecule has 2 aromatic heterocycles. The predicted octanol–water partition coefficient (Wildman–Crippen LogP) is 3.94. The first-order chi connectivity index (χ1) is 10.2. The van der Waals surface area contributed by atoms with E-state index in [0.29, 0.717) is 0 Å². The second-order valence-corrected chi connectivity index (χ2v) is 6.21. The second kappa shape index (κ2) is 6.07. The molecule has 0 fully saturated rings. The number of aromatic nitrogens is 2. The van der Waals surface area contributed by atoms with Gasteiger partial charge in [-0.2, -0.15) is 0 Å². The van der Waals surface area contributed by atoms with Gasteiger partial charge in [0, 0.05) is 30.5 Å². The van der Waals surface area contributed by atoms with Crippen LogP contribution in [0.15, 0.2) is 35.8 Å². The van der Waals surface area contributed by atoms with Crippen LogP contribution < -0.4 is 9.64 Å². The molecule has 0 unspecified atom stereocenters. The maximum atomic E-state index is 5.19. The highest BCUT2D eigenvalue weighted by Gasteiger charge is 2.15. The van der Waals surface area contributed by atoms with Gasteiger partial charge in [-0.15, -0.1) is 11.3 Å². The number of nitrogens with zero attached hydrogens (tertiary/aromatic N) is 3. The number of methoxy groups -OCH3 is 1. The monoisotopic (exact) mass is 365 g/mol. The Labute approximate surface area is 136 Å². The zero-order valence-electron chi connectivity index (χ0n) is 11.9. The van der Waals surface area contributed by atoms with Gasteiger partial charge in [-0.05, 0) is 17.7 Å². The first-order valence-corrected chi connectivity index (χ1v) is 8.57. The number of hydrogen-bond donors (Lipinski definition) is 0. The average molecular weight is 366 g/mol. The van der Waals surface area contributed by atoms with Gasteiger partial charge in [0.15, 0.2) is 10.8 Å². The van der Waals surface area contributed by atoms with Crippen molar-refractivity contribution in [3.63, 3.8) is 0 Å². The molecule has 0 spiro atoms. The number of alkyl halides is 1. The second-order valence-electron chi connectivity index (χ2n) is 4.78. The molecule has 2 heterocycles. The molecule has 3 rings (SSSR count). The van der Waals surface area contributed by atoms with Crippen LogP contribution >= 0.6 is 27.3 Å². The third kappa shape index (κ3) is 2.78. The van der Waals surface area contributed by atoms with Crippen molar-refractivity contribution in [3.05, 3.63) is 47.1 Å². The van der Waals surface area contributed by atoms with Gasteiger partial charge >= 0.3 is 0 Å². The Balaban J connectivity index is 1.85. The number of hydrogen-bond acceptors (Lipinski definition) is 4. The number of rotatable bonds is 5. The summed E-state index contributed by atoms with van der Waals surface area (Å²) in [5.74, 6) is 1.90. The Morgan fingerprint density at radius 3 is 2.76 bits per heavy atom. The van der Waals surface area contributed by atoms with E-state index in [1.54, 1.807) is 18.4 Å². The maximum absolute atomic E-state index is 5.19. The van der Waals surface area contributed by atoms with Gasteiger partial charge in [-0.3, -0.25) is 4.40 Å². The largest absolute Gasteiger partial charge is 0.497 e. The van der Waals surface area contributed by atoms with Crippen molar-refractivity contribution in [2.75, 3.05) is 19.1 Å². The lowest BCUT2D eigenvalue weighted by Gasteiger charge is -2.18. The molecular formula is C15H16BrN3OS. The highest BCUT2D eigenvalue weighted by atomic mass is 79.9. The molecule has 0 aliphatic rings. The third-order valence-electron chi connectivity index (χ3n) is 3.41. The molecule has 3 aromatic rings. The van der Waals surface area contributed by atoms with Crippen LogP contribution in [0.5, 0.6) is 5.75 Å². The van der Waals surface area contributed by atoms with Crippen LogP contribution in [-0.4, -0.2) is 23.5 Å². The van der Waals surface area contributed by atoms with Crippen molar-refractivity contribution in [1.82, 2.24) is 9.38 Å². The lowest BCUT2D eigenvalue weighted by molar-refractivity contribution is 0.414. The Morgan fingerprint density at radius 1 is 1.33 bits per heavy atom. The molecule has 0 amide bonds. The highest BCUT2D eigenvalue weighted by molar-refractivity contribution is 9.08. The average Bonchev–Trinajstić information content (AvgIpc) is 3.08. The lowest BCUT2D eigenvalue weighted by atomic mass is 10.2. The summed E-state index contributed by atoms with van der Waals surface area (Å²) in [5.41, 5.74) is 2.41. The smallest absolute Gasteiger partial charge is 0.195 e. The Morgan fingerprint density at radius 2 is 2.10 bits per heavy atom. The molecule has 0 N–H and O–H groups in total. The van der Waals surface area contributed by atoms with Crippen LogP contribution in [0.4, 0.5) is 5.82 Å². The van der Waals surface area contributed by atoms with Crippen LogP contribution in [0, 0.1) is 0 Å². The topological polar surface area (TPSA) is 29.8 Å². The molecule has 0 aliphatic heterocycles. The molecular weight excluding hydrogens is 350 g/mol. The van der Waals surface area contributed by atoms with Crippen LogP contribution in [0.25, 0.3) is 4.96 Å². The SMILES string of the molecule is COc1ccc(CN(C)c2nc3sccn3c2CBr)cc1. The summed E-state index contributed by atoms with van der Waals surface area (Å²) in [6.07, 6.45) is 2.06. The molecule has 21 heavy (non-hydrogen) atoms. The summed E-state index contributed by atoms with van der Waals surface area (Å²) >= 11 is 5.22. The predicted molar refractivity (Wildman–Crippen MR) is 90.8 cm³/mol. The summed E-state index contributed by atoms with van der Waals surface area (Å²) in [7, 11) is 3.75. The third-order valence-corrected chi connectivity index (χ3v) is 4.69. The fourth-order valence-electron chi connectivity index (χ4n) is 2.33. The minimum atomic E-state index is 0.785. The van der Waals surface area contributed by atoms with E-state index in [4.69, 9.17) is 9.72 Å².